The molecule has 5 aromatic rings. The first-order chi connectivity index (χ1) is 12.3. The minimum Gasteiger partial charge on any atom is -0.267 e. The summed E-state index contributed by atoms with van der Waals surface area (Å²) in [5.74, 6) is 0. The van der Waals surface area contributed by atoms with E-state index in [2.05, 4.69) is 0 Å². The quantitative estimate of drug-likeness (QED) is 0.450. The number of rotatable bonds is 1. The molecule has 0 aliphatic rings. The minimum absolute atomic E-state index is 0.137. The maximum Gasteiger partial charge on any atom is 0.281 e. The van der Waals surface area contributed by atoms with Crippen molar-refractivity contribution in [3.8, 4) is 5.69 Å². The smallest absolute Gasteiger partial charge is 0.267 e. The lowest BCUT2D eigenvalue weighted by Gasteiger charge is -2.08. The highest BCUT2D eigenvalue weighted by atomic mass is 35.5. The van der Waals surface area contributed by atoms with Crippen molar-refractivity contribution in [2.75, 3.05) is 0 Å². The van der Waals surface area contributed by atoms with Gasteiger partial charge in [-0.05, 0) is 36.4 Å². The number of nitrogens with zero attached hydrogens (tertiary/aromatic N) is 3. The van der Waals surface area contributed by atoms with Crippen LogP contribution in [0, 0.1) is 0 Å². The number of para-hydroxylation sites is 3. The number of hydrogen-bond acceptors (Lipinski definition) is 2. The average Bonchev–Trinajstić information content (AvgIpc) is 2.98. The molecule has 0 radical (unpaired) electrons. The Morgan fingerprint density at radius 3 is 2.36 bits per heavy atom. The van der Waals surface area contributed by atoms with Crippen LogP contribution in [0.3, 0.4) is 0 Å². The van der Waals surface area contributed by atoms with Crippen LogP contribution in [-0.4, -0.2) is 14.2 Å². The molecule has 2 heterocycles. The summed E-state index contributed by atoms with van der Waals surface area (Å²) in [5, 5.41) is 1.89. The van der Waals surface area contributed by atoms with Crippen LogP contribution >= 0.6 is 11.6 Å². The van der Waals surface area contributed by atoms with E-state index in [4.69, 9.17) is 16.6 Å². The van der Waals surface area contributed by atoms with Crippen molar-refractivity contribution < 1.29 is 0 Å². The van der Waals surface area contributed by atoms with E-state index in [1.165, 1.54) is 0 Å². The van der Waals surface area contributed by atoms with Gasteiger partial charge in [-0.15, -0.1) is 0 Å². The zero-order valence-corrected chi connectivity index (χ0v) is 13.8. The van der Waals surface area contributed by atoms with Crippen LogP contribution in [0.25, 0.3) is 33.1 Å². The van der Waals surface area contributed by atoms with Gasteiger partial charge in [0.05, 0.1) is 27.1 Å². The third-order valence-electron chi connectivity index (χ3n) is 4.40. The number of benzene rings is 3. The second-order valence-electron chi connectivity index (χ2n) is 5.85. The molecule has 0 atom stereocenters. The lowest BCUT2D eigenvalue weighted by Crippen LogP contribution is -2.20. The summed E-state index contributed by atoms with van der Waals surface area (Å²) in [6.45, 7) is 0. The Hall–Kier alpha value is -3.11. The van der Waals surface area contributed by atoms with Crippen LogP contribution in [0.2, 0.25) is 5.02 Å². The third-order valence-corrected chi connectivity index (χ3v) is 4.71. The van der Waals surface area contributed by atoms with Crippen LogP contribution in [-0.2, 0) is 0 Å². The highest BCUT2D eigenvalue weighted by Gasteiger charge is 2.17. The standard InChI is InChI=1S/C20H12ClN3O/c21-16-11-6-10-15-18(16)22-19-14-9-4-5-12-17(14)23(24(19)20(15)25)13-7-2-1-3-8-13/h1-12H. The zero-order chi connectivity index (χ0) is 17.0. The van der Waals surface area contributed by atoms with Crippen LogP contribution in [0.5, 0.6) is 0 Å². The van der Waals surface area contributed by atoms with E-state index in [1.807, 2.05) is 59.3 Å². The van der Waals surface area contributed by atoms with Crippen molar-refractivity contribution in [3.05, 3.63) is 88.2 Å². The van der Waals surface area contributed by atoms with E-state index < -0.39 is 0 Å². The maximum absolute atomic E-state index is 13.2. The number of halogens is 1. The first-order valence-electron chi connectivity index (χ1n) is 7.92. The molecule has 120 valence electrons. The van der Waals surface area contributed by atoms with Crippen LogP contribution < -0.4 is 5.56 Å². The predicted octanol–water partition coefficient (Wildman–Crippen LogP) is 4.45. The summed E-state index contributed by atoms with van der Waals surface area (Å²) in [4.78, 5) is 18.0. The van der Waals surface area contributed by atoms with Gasteiger partial charge >= 0.3 is 0 Å². The van der Waals surface area contributed by atoms with E-state index >= 15 is 0 Å². The number of hydrogen-bond donors (Lipinski definition) is 0. The van der Waals surface area contributed by atoms with Crippen LogP contribution in [0.1, 0.15) is 0 Å². The first-order valence-corrected chi connectivity index (χ1v) is 8.29. The van der Waals surface area contributed by atoms with Gasteiger partial charge in [-0.25, -0.2) is 9.67 Å². The molecule has 4 nitrogen and oxygen atoms in total. The zero-order valence-electron chi connectivity index (χ0n) is 13.1. The van der Waals surface area contributed by atoms with Gasteiger partial charge in [-0.3, -0.25) is 4.79 Å². The molecule has 25 heavy (non-hydrogen) atoms. The monoisotopic (exact) mass is 345 g/mol. The van der Waals surface area contributed by atoms with Gasteiger partial charge in [0.2, 0.25) is 0 Å². The van der Waals surface area contributed by atoms with Gasteiger partial charge in [-0.2, -0.15) is 4.52 Å². The highest BCUT2D eigenvalue weighted by Crippen LogP contribution is 2.26. The van der Waals surface area contributed by atoms with E-state index in [0.717, 1.165) is 16.6 Å². The Kier molecular flexibility index (Phi) is 2.96. The Labute approximate surface area is 147 Å². The summed E-state index contributed by atoms with van der Waals surface area (Å²) in [5.41, 5.74) is 2.82. The van der Waals surface area contributed by atoms with Crippen molar-refractivity contribution in [2.45, 2.75) is 0 Å². The average molecular weight is 346 g/mol. The van der Waals surface area contributed by atoms with Crippen molar-refractivity contribution in [2.24, 2.45) is 0 Å². The molecule has 0 spiro atoms. The second kappa shape index (κ2) is 5.19. The largest absolute Gasteiger partial charge is 0.281 e. The Morgan fingerprint density at radius 1 is 0.800 bits per heavy atom. The second-order valence-corrected chi connectivity index (χ2v) is 6.26. The fourth-order valence-electron chi connectivity index (χ4n) is 3.30. The highest BCUT2D eigenvalue weighted by molar-refractivity contribution is 6.35. The molecular weight excluding hydrogens is 334 g/mol. The van der Waals surface area contributed by atoms with E-state index in [9.17, 15) is 4.79 Å². The third kappa shape index (κ3) is 1.95. The van der Waals surface area contributed by atoms with Crippen LogP contribution in [0.15, 0.2) is 77.6 Å². The number of fused-ring (bicyclic) bond motifs is 4. The minimum atomic E-state index is -0.137. The van der Waals surface area contributed by atoms with E-state index in [-0.39, 0.29) is 5.56 Å². The lowest BCUT2D eigenvalue weighted by atomic mass is 10.2. The van der Waals surface area contributed by atoms with Crippen molar-refractivity contribution in [1.29, 1.82) is 0 Å². The van der Waals surface area contributed by atoms with Crippen LogP contribution in [0.4, 0.5) is 0 Å². The lowest BCUT2D eigenvalue weighted by molar-refractivity contribution is 0.794. The molecule has 0 saturated carbocycles. The fraction of sp³-hybridized carbons (Fsp3) is 0. The summed E-state index contributed by atoms with van der Waals surface area (Å²) >= 11 is 6.29. The molecule has 5 rings (SSSR count). The molecule has 2 aromatic heterocycles. The van der Waals surface area contributed by atoms with Crippen molar-refractivity contribution in [3.63, 3.8) is 0 Å². The van der Waals surface area contributed by atoms with Gasteiger partial charge < -0.3 is 0 Å². The predicted molar refractivity (Wildman–Crippen MR) is 101 cm³/mol. The van der Waals surface area contributed by atoms with Gasteiger partial charge in [0.1, 0.15) is 0 Å². The molecule has 3 aromatic carbocycles. The molecule has 0 amide bonds. The summed E-state index contributed by atoms with van der Waals surface area (Å²) in [7, 11) is 0. The van der Waals surface area contributed by atoms with Crippen molar-refractivity contribution in [1.82, 2.24) is 14.2 Å². The molecule has 0 saturated heterocycles. The Bertz CT molecular complexity index is 1320. The molecular formula is C20H12ClN3O. The first kappa shape index (κ1) is 14.3. The Balaban J connectivity index is 2.11. The summed E-state index contributed by atoms with van der Waals surface area (Å²) in [6, 6.07) is 22.9. The summed E-state index contributed by atoms with van der Waals surface area (Å²) in [6.07, 6.45) is 0. The van der Waals surface area contributed by atoms with Gasteiger partial charge in [0.25, 0.3) is 5.56 Å². The van der Waals surface area contributed by atoms with Gasteiger partial charge in [0.15, 0.2) is 5.65 Å². The maximum atomic E-state index is 13.2. The topological polar surface area (TPSA) is 39.3 Å². The van der Waals surface area contributed by atoms with Gasteiger partial charge in [0, 0.05) is 5.39 Å². The van der Waals surface area contributed by atoms with E-state index in [1.54, 1.807) is 22.7 Å². The fourth-order valence-corrected chi connectivity index (χ4v) is 3.52. The molecule has 0 unspecified atom stereocenters. The molecule has 0 N–H and O–H groups in total. The van der Waals surface area contributed by atoms with Crippen molar-refractivity contribution >= 4 is 39.1 Å². The molecule has 0 aliphatic heterocycles. The molecule has 0 bridgehead atoms. The van der Waals surface area contributed by atoms with Gasteiger partial charge in [-0.1, -0.05) is 48.0 Å². The molecule has 0 aliphatic carbocycles. The SMILES string of the molecule is O=c1c2cccc(Cl)c2nc2c3ccccc3n(-c3ccccc3)n12. The Morgan fingerprint density at radius 2 is 1.52 bits per heavy atom. The van der Waals surface area contributed by atoms with E-state index in [0.29, 0.717) is 21.6 Å². The number of aromatic nitrogens is 3. The normalized spacial score (nSPS) is 11.6. The molecule has 5 heteroatoms. The molecule has 0 fully saturated rings. The summed E-state index contributed by atoms with van der Waals surface area (Å²) < 4.78 is 3.53.